The van der Waals surface area contributed by atoms with Crippen molar-refractivity contribution in [1.29, 1.82) is 0 Å². The number of hydrogen-bond donors (Lipinski definition) is 0. The van der Waals surface area contributed by atoms with Crippen LogP contribution >= 0.6 is 0 Å². The van der Waals surface area contributed by atoms with E-state index < -0.39 is 0 Å². The molecule has 306 valence electrons. The standard InChI is InChI=1S/C61H46N2O/c1-40-13-10-11-36-64-60-35-26-44(37-55(40)60)41-22-27-45(28-23-41)62(46-29-24-43(25-30-46)50-19-12-15-42-14-4-5-16-49(42)50)47-31-33-51-52-34-32-48(39-57(52)61(2,3)56(51)38-47)63-58-20-8-6-17-53(58)54-18-7-9-21-59(54)63/h4-31,33,35-39H,1,32,34H2,2-3H3/b13-10-,36-11-. The number of aromatic nitrogens is 1. The second-order valence-electron chi connectivity index (χ2n) is 17.8. The van der Waals surface area contributed by atoms with Gasteiger partial charge in [-0.05, 0) is 147 Å². The van der Waals surface area contributed by atoms with Crippen molar-refractivity contribution in [3.63, 3.8) is 0 Å². The van der Waals surface area contributed by atoms with Gasteiger partial charge in [-0.2, -0.15) is 0 Å². The fraction of sp³-hybridized carbons (Fsp3) is 0.0820. The highest BCUT2D eigenvalue weighted by Gasteiger charge is 2.39. The Hall–Kier alpha value is -7.88. The molecule has 0 saturated heterocycles. The van der Waals surface area contributed by atoms with Gasteiger partial charge >= 0.3 is 0 Å². The van der Waals surface area contributed by atoms with Gasteiger partial charge in [0.15, 0.2) is 0 Å². The third-order valence-electron chi connectivity index (χ3n) is 13.8. The monoisotopic (exact) mass is 822 g/mol. The molecule has 8 aromatic carbocycles. The molecule has 0 bridgehead atoms. The van der Waals surface area contributed by atoms with Crippen molar-refractivity contribution in [1.82, 2.24) is 4.57 Å². The van der Waals surface area contributed by atoms with Crippen LogP contribution in [0.4, 0.5) is 17.1 Å². The second-order valence-corrected chi connectivity index (χ2v) is 17.8. The first-order valence-corrected chi connectivity index (χ1v) is 22.3. The molecule has 1 aliphatic heterocycles. The average Bonchev–Trinajstić information content (AvgIpc) is 3.79. The van der Waals surface area contributed by atoms with E-state index in [0.29, 0.717) is 0 Å². The Balaban J connectivity index is 0.944. The lowest BCUT2D eigenvalue weighted by Crippen LogP contribution is -2.18. The number of anilines is 3. The summed E-state index contributed by atoms with van der Waals surface area (Å²) in [5.74, 6) is 0.804. The fourth-order valence-corrected chi connectivity index (χ4v) is 10.6. The Morgan fingerprint density at radius 1 is 0.547 bits per heavy atom. The highest BCUT2D eigenvalue weighted by molar-refractivity contribution is 6.10. The van der Waals surface area contributed by atoms with E-state index in [1.165, 1.54) is 71.7 Å². The number of allylic oxidation sites excluding steroid dienone is 8. The van der Waals surface area contributed by atoms with Gasteiger partial charge in [-0.3, -0.25) is 0 Å². The number of nitrogens with zero attached hydrogens (tertiary/aromatic N) is 2. The molecule has 0 fully saturated rings. The van der Waals surface area contributed by atoms with Gasteiger partial charge in [0.05, 0.1) is 17.3 Å². The molecule has 0 unspecified atom stereocenters. The minimum atomic E-state index is -0.193. The summed E-state index contributed by atoms with van der Waals surface area (Å²) < 4.78 is 8.43. The van der Waals surface area contributed by atoms with Gasteiger partial charge in [0, 0.05) is 44.5 Å². The zero-order chi connectivity index (χ0) is 42.9. The van der Waals surface area contributed by atoms with Crippen molar-refractivity contribution in [2.45, 2.75) is 32.1 Å². The maximum Gasteiger partial charge on any atom is 0.134 e. The van der Waals surface area contributed by atoms with Gasteiger partial charge in [-0.1, -0.05) is 148 Å². The molecule has 1 aromatic heterocycles. The summed E-state index contributed by atoms with van der Waals surface area (Å²) in [6.45, 7) is 9.14. The maximum absolute atomic E-state index is 5.92. The summed E-state index contributed by atoms with van der Waals surface area (Å²) in [5, 5.41) is 5.11. The summed E-state index contributed by atoms with van der Waals surface area (Å²) >= 11 is 0. The van der Waals surface area contributed by atoms with Gasteiger partial charge in [-0.25, -0.2) is 0 Å². The number of ether oxygens (including phenoxy) is 1. The smallest absolute Gasteiger partial charge is 0.134 e. The molecule has 3 aliphatic rings. The van der Waals surface area contributed by atoms with Gasteiger partial charge in [-0.15, -0.1) is 0 Å². The van der Waals surface area contributed by atoms with Crippen molar-refractivity contribution < 1.29 is 4.74 Å². The average molecular weight is 823 g/mol. The van der Waals surface area contributed by atoms with Crippen LogP contribution in [0.5, 0.6) is 5.75 Å². The van der Waals surface area contributed by atoms with E-state index >= 15 is 0 Å². The number of fused-ring (bicyclic) bond motifs is 7. The van der Waals surface area contributed by atoms with Crippen LogP contribution in [0.3, 0.4) is 0 Å². The lowest BCUT2D eigenvalue weighted by Gasteiger charge is -2.29. The van der Waals surface area contributed by atoms with Crippen LogP contribution in [0, 0.1) is 0 Å². The number of hydrogen-bond acceptors (Lipinski definition) is 2. The van der Waals surface area contributed by atoms with E-state index in [-0.39, 0.29) is 5.41 Å². The second kappa shape index (κ2) is 14.9. The van der Waals surface area contributed by atoms with Crippen molar-refractivity contribution in [3.05, 3.63) is 235 Å². The molecule has 3 heteroatoms. The van der Waals surface area contributed by atoms with E-state index in [1.54, 1.807) is 6.26 Å². The van der Waals surface area contributed by atoms with Crippen LogP contribution in [0.15, 0.2) is 219 Å². The molecule has 0 spiro atoms. The van der Waals surface area contributed by atoms with E-state index in [0.717, 1.165) is 57.9 Å². The molecule has 0 radical (unpaired) electrons. The molecule has 0 amide bonds. The van der Waals surface area contributed by atoms with Crippen molar-refractivity contribution >= 4 is 66.5 Å². The third-order valence-corrected chi connectivity index (χ3v) is 13.8. The number of rotatable bonds is 6. The molecule has 9 aromatic rings. The highest BCUT2D eigenvalue weighted by atomic mass is 16.5. The SMILES string of the molecule is C=C1/C=C\C=C/Oc2ccc(-c3ccc(N(c4ccc(-c5cccc6ccccc56)cc4)c4ccc5c(c4)C(C)(C)C4=C5CCC(n5c6ccccc6c6ccccc65)=C4)cc3)cc21. The van der Waals surface area contributed by atoms with Gasteiger partial charge in [0.25, 0.3) is 0 Å². The van der Waals surface area contributed by atoms with Crippen molar-refractivity contribution in [2.75, 3.05) is 4.90 Å². The van der Waals surface area contributed by atoms with Crippen LogP contribution in [0.1, 0.15) is 43.4 Å². The number of para-hydroxylation sites is 2. The Kier molecular flexibility index (Phi) is 8.81. The summed E-state index contributed by atoms with van der Waals surface area (Å²) in [7, 11) is 0. The molecule has 2 heterocycles. The zero-order valence-electron chi connectivity index (χ0n) is 36.1. The molecule has 12 rings (SSSR count). The Morgan fingerprint density at radius 2 is 1.19 bits per heavy atom. The summed E-state index contributed by atoms with van der Waals surface area (Å²) in [5.41, 5.74) is 19.3. The fourth-order valence-electron chi connectivity index (χ4n) is 10.6. The first-order valence-electron chi connectivity index (χ1n) is 22.3. The summed E-state index contributed by atoms with van der Waals surface area (Å²) in [6, 6.07) is 64.5. The first kappa shape index (κ1) is 37.8. The quantitative estimate of drug-likeness (QED) is 0.166. The number of benzene rings is 8. The first-order chi connectivity index (χ1) is 31.4. The molecule has 0 atom stereocenters. The Morgan fingerprint density at radius 3 is 1.94 bits per heavy atom. The van der Waals surface area contributed by atoms with Gasteiger partial charge in [0.2, 0.25) is 0 Å². The van der Waals surface area contributed by atoms with Crippen LogP contribution in [-0.2, 0) is 5.41 Å². The highest BCUT2D eigenvalue weighted by Crippen LogP contribution is 2.54. The maximum atomic E-state index is 5.92. The largest absolute Gasteiger partial charge is 0.464 e. The van der Waals surface area contributed by atoms with Crippen LogP contribution in [0.25, 0.3) is 71.7 Å². The van der Waals surface area contributed by atoms with Gasteiger partial charge < -0.3 is 14.2 Å². The lowest BCUT2D eigenvalue weighted by molar-refractivity contribution is 0.479. The van der Waals surface area contributed by atoms with Crippen LogP contribution in [-0.4, -0.2) is 4.57 Å². The van der Waals surface area contributed by atoms with E-state index in [1.807, 2.05) is 24.3 Å². The summed E-state index contributed by atoms with van der Waals surface area (Å²) in [6.07, 6.45) is 12.1. The lowest BCUT2D eigenvalue weighted by atomic mass is 9.79. The normalized spacial score (nSPS) is 16.1. The third kappa shape index (κ3) is 6.11. The van der Waals surface area contributed by atoms with Crippen LogP contribution in [0.2, 0.25) is 0 Å². The molecule has 3 nitrogen and oxygen atoms in total. The van der Waals surface area contributed by atoms with E-state index in [2.05, 4.69) is 206 Å². The van der Waals surface area contributed by atoms with E-state index in [9.17, 15) is 0 Å². The predicted octanol–water partition coefficient (Wildman–Crippen LogP) is 16.6. The van der Waals surface area contributed by atoms with Crippen molar-refractivity contribution in [3.8, 4) is 28.0 Å². The molecule has 0 saturated carbocycles. The minimum absolute atomic E-state index is 0.193. The Bertz CT molecular complexity index is 3440. The molecular weight excluding hydrogens is 777 g/mol. The molecular formula is C61H46N2O. The Labute approximate surface area is 374 Å². The summed E-state index contributed by atoms with van der Waals surface area (Å²) in [4.78, 5) is 2.41. The van der Waals surface area contributed by atoms with Crippen molar-refractivity contribution in [2.24, 2.45) is 0 Å². The molecule has 2 aliphatic carbocycles. The zero-order valence-corrected chi connectivity index (χ0v) is 36.1. The predicted molar refractivity (Wildman–Crippen MR) is 270 cm³/mol. The van der Waals surface area contributed by atoms with E-state index in [4.69, 9.17) is 4.74 Å². The topological polar surface area (TPSA) is 17.4 Å². The minimum Gasteiger partial charge on any atom is -0.464 e. The molecule has 0 N–H and O–H groups in total. The van der Waals surface area contributed by atoms with Crippen LogP contribution < -0.4 is 9.64 Å². The van der Waals surface area contributed by atoms with Gasteiger partial charge in [0.1, 0.15) is 5.75 Å². The molecule has 64 heavy (non-hydrogen) atoms.